The first kappa shape index (κ1) is 21.6. The van der Waals surface area contributed by atoms with Crippen molar-refractivity contribution in [1.82, 2.24) is 5.32 Å². The average molecular weight is 405 g/mol. The van der Waals surface area contributed by atoms with Crippen molar-refractivity contribution in [3.8, 4) is 0 Å². The maximum atomic E-state index is 10.7. The van der Waals surface area contributed by atoms with Crippen LogP contribution in [0.1, 0.15) is 50.0 Å². The topological polar surface area (TPSA) is 97.2 Å². The van der Waals surface area contributed by atoms with E-state index >= 15 is 0 Å². The zero-order valence-corrected chi connectivity index (χ0v) is 17.1. The molecule has 0 radical (unpaired) electrons. The van der Waals surface area contributed by atoms with Gasteiger partial charge in [0.25, 0.3) is 0 Å². The summed E-state index contributed by atoms with van der Waals surface area (Å²) >= 11 is 0. The Morgan fingerprint density at radius 3 is 2.76 bits per heavy atom. The molecular weight excluding hydrogens is 374 g/mol. The van der Waals surface area contributed by atoms with E-state index in [9.17, 15) is 9.90 Å². The Kier molecular flexibility index (Phi) is 7.52. The third-order valence-electron chi connectivity index (χ3n) is 5.51. The molecule has 3 rings (SSSR count). The summed E-state index contributed by atoms with van der Waals surface area (Å²) in [5.74, 6) is -0.0329. The Labute approximate surface area is 171 Å². The first-order valence-corrected chi connectivity index (χ1v) is 10.2. The summed E-state index contributed by atoms with van der Waals surface area (Å²) in [5.41, 5.74) is 3.26. The van der Waals surface area contributed by atoms with E-state index in [4.69, 9.17) is 19.3 Å². The maximum absolute atomic E-state index is 10.7. The summed E-state index contributed by atoms with van der Waals surface area (Å²) < 4.78 is 17.4. The minimum atomic E-state index is -1.46. The van der Waals surface area contributed by atoms with Crippen molar-refractivity contribution in [2.75, 3.05) is 19.8 Å². The summed E-state index contributed by atoms with van der Waals surface area (Å²) in [6, 6.07) is 8.27. The fourth-order valence-electron chi connectivity index (χ4n) is 3.74. The summed E-state index contributed by atoms with van der Waals surface area (Å²) in [7, 11) is 0. The van der Waals surface area contributed by atoms with Crippen molar-refractivity contribution in [3.63, 3.8) is 0 Å². The molecule has 160 valence electrons. The quantitative estimate of drug-likeness (QED) is 0.581. The molecule has 1 fully saturated rings. The largest absolute Gasteiger partial charge is 0.479 e. The molecule has 4 unspecified atom stereocenters. The predicted octanol–water partition coefficient (Wildman–Crippen LogP) is 2.88. The van der Waals surface area contributed by atoms with Gasteiger partial charge < -0.3 is 29.7 Å². The lowest BCUT2D eigenvalue weighted by molar-refractivity contribution is -0.151. The van der Waals surface area contributed by atoms with E-state index in [1.54, 1.807) is 0 Å². The zero-order valence-electron chi connectivity index (χ0n) is 17.1. The number of aliphatic hydroxyl groups is 1. The van der Waals surface area contributed by atoms with Crippen molar-refractivity contribution in [2.45, 2.75) is 58.0 Å². The van der Waals surface area contributed by atoms with Crippen LogP contribution in [0.5, 0.6) is 0 Å². The van der Waals surface area contributed by atoms with Crippen molar-refractivity contribution < 1.29 is 29.2 Å². The fourth-order valence-corrected chi connectivity index (χ4v) is 3.74. The van der Waals surface area contributed by atoms with Crippen LogP contribution in [0.4, 0.5) is 0 Å². The number of rotatable bonds is 9. The highest BCUT2D eigenvalue weighted by Gasteiger charge is 2.26. The summed E-state index contributed by atoms with van der Waals surface area (Å²) in [6.45, 7) is 4.92. The van der Waals surface area contributed by atoms with Crippen molar-refractivity contribution >= 4 is 5.97 Å². The number of hydrogen-bond donors (Lipinski definition) is 3. The van der Waals surface area contributed by atoms with Gasteiger partial charge in [-0.1, -0.05) is 36.2 Å². The molecule has 0 aromatic heterocycles. The van der Waals surface area contributed by atoms with E-state index < -0.39 is 12.1 Å². The molecule has 0 spiro atoms. The maximum Gasteiger partial charge on any atom is 0.334 e. The van der Waals surface area contributed by atoms with Crippen molar-refractivity contribution in [1.29, 1.82) is 0 Å². The number of carboxylic acids is 1. The van der Waals surface area contributed by atoms with Gasteiger partial charge >= 0.3 is 5.97 Å². The third kappa shape index (κ3) is 6.19. The second-order valence-electron chi connectivity index (χ2n) is 7.94. The van der Waals surface area contributed by atoms with E-state index in [0.717, 1.165) is 42.7 Å². The van der Waals surface area contributed by atoms with Gasteiger partial charge in [0.15, 0.2) is 12.3 Å². The minimum absolute atomic E-state index is 0.0221. The number of benzene rings is 1. The molecular formula is C22H31NO6. The van der Waals surface area contributed by atoms with Gasteiger partial charge in [-0.25, -0.2) is 4.79 Å². The summed E-state index contributed by atoms with van der Waals surface area (Å²) in [5, 5.41) is 21.5. The van der Waals surface area contributed by atoms with Gasteiger partial charge in [0.2, 0.25) is 0 Å². The molecule has 0 bridgehead atoms. The lowest BCUT2D eigenvalue weighted by atomic mass is 9.88. The lowest BCUT2D eigenvalue weighted by Gasteiger charge is -2.29. The molecule has 3 N–H and O–H groups in total. The van der Waals surface area contributed by atoms with Crippen LogP contribution in [-0.2, 0) is 19.0 Å². The van der Waals surface area contributed by atoms with E-state index in [1.807, 2.05) is 6.92 Å². The van der Waals surface area contributed by atoms with E-state index in [0.29, 0.717) is 19.1 Å². The Morgan fingerprint density at radius 1 is 1.28 bits per heavy atom. The molecule has 4 atom stereocenters. The predicted molar refractivity (Wildman–Crippen MR) is 107 cm³/mol. The van der Waals surface area contributed by atoms with Crippen LogP contribution in [0.3, 0.4) is 0 Å². The van der Waals surface area contributed by atoms with Crippen LogP contribution < -0.4 is 5.32 Å². The highest BCUT2D eigenvalue weighted by molar-refractivity contribution is 5.71. The van der Waals surface area contributed by atoms with Crippen molar-refractivity contribution in [3.05, 3.63) is 46.8 Å². The lowest BCUT2D eigenvalue weighted by Crippen LogP contribution is -2.32. The summed E-state index contributed by atoms with van der Waals surface area (Å²) in [4.78, 5) is 10.7. The molecule has 0 saturated heterocycles. The van der Waals surface area contributed by atoms with Crippen LogP contribution >= 0.6 is 0 Å². The highest BCUT2D eigenvalue weighted by Crippen LogP contribution is 2.29. The SMILES string of the molecule is CC1=C(COCC2CCCC(OCC(O)C(=O)O)C2)NC(c2ccc(C)cc2)O1. The number of aryl methyl sites for hydroxylation is 1. The number of carbonyl (C=O) groups is 1. The molecule has 1 aromatic carbocycles. The van der Waals surface area contributed by atoms with Crippen LogP contribution in [-0.4, -0.2) is 48.2 Å². The third-order valence-corrected chi connectivity index (χ3v) is 5.51. The molecule has 1 saturated carbocycles. The monoisotopic (exact) mass is 405 g/mol. The Morgan fingerprint density at radius 2 is 2.03 bits per heavy atom. The van der Waals surface area contributed by atoms with Gasteiger partial charge in [0.05, 0.1) is 31.6 Å². The zero-order chi connectivity index (χ0) is 20.8. The van der Waals surface area contributed by atoms with Gasteiger partial charge in [-0.05, 0) is 39.0 Å². The van der Waals surface area contributed by atoms with E-state index in [-0.39, 0.29) is 18.9 Å². The van der Waals surface area contributed by atoms with E-state index in [1.165, 1.54) is 5.56 Å². The fraction of sp³-hybridized carbons (Fsp3) is 0.591. The van der Waals surface area contributed by atoms with Gasteiger partial charge in [-0.2, -0.15) is 0 Å². The normalized spacial score (nSPS) is 25.4. The van der Waals surface area contributed by atoms with Crippen LogP contribution in [0.15, 0.2) is 35.7 Å². The molecule has 29 heavy (non-hydrogen) atoms. The van der Waals surface area contributed by atoms with Crippen molar-refractivity contribution in [2.24, 2.45) is 5.92 Å². The van der Waals surface area contributed by atoms with Gasteiger partial charge in [0.1, 0.15) is 5.76 Å². The van der Waals surface area contributed by atoms with Gasteiger partial charge in [-0.15, -0.1) is 0 Å². The number of nitrogens with one attached hydrogen (secondary N) is 1. The molecule has 2 aliphatic rings. The number of allylic oxidation sites excluding steroid dienone is 1. The summed E-state index contributed by atoms with van der Waals surface area (Å²) in [6.07, 6.45) is 2.13. The van der Waals surface area contributed by atoms with Crippen LogP contribution in [0.2, 0.25) is 0 Å². The Bertz CT molecular complexity index is 717. The van der Waals surface area contributed by atoms with E-state index in [2.05, 4.69) is 36.5 Å². The number of carboxylic acid groups (broad SMARTS) is 1. The van der Waals surface area contributed by atoms with Crippen LogP contribution in [0, 0.1) is 12.8 Å². The van der Waals surface area contributed by atoms with Gasteiger partial charge in [-0.3, -0.25) is 0 Å². The number of aliphatic carboxylic acids is 1. The second-order valence-corrected chi connectivity index (χ2v) is 7.94. The van der Waals surface area contributed by atoms with Gasteiger partial charge in [0, 0.05) is 5.56 Å². The average Bonchev–Trinajstić information content (AvgIpc) is 3.07. The molecule has 1 heterocycles. The molecule has 1 aliphatic carbocycles. The number of hydrogen-bond acceptors (Lipinski definition) is 6. The molecule has 7 nitrogen and oxygen atoms in total. The smallest absolute Gasteiger partial charge is 0.334 e. The van der Waals surface area contributed by atoms with Crippen LogP contribution in [0.25, 0.3) is 0 Å². The number of aliphatic hydroxyl groups excluding tert-OH is 1. The Hall–Kier alpha value is -2.09. The highest BCUT2D eigenvalue weighted by atomic mass is 16.5. The first-order chi connectivity index (χ1) is 13.9. The number of ether oxygens (including phenoxy) is 3. The minimum Gasteiger partial charge on any atom is -0.479 e. The second kappa shape index (κ2) is 10.1. The molecule has 0 amide bonds. The molecule has 1 aliphatic heterocycles. The standard InChI is InChI=1S/C22H31NO6/c1-14-6-8-17(9-7-14)21-23-19(15(2)29-21)12-27-11-16-4-3-5-18(10-16)28-13-20(24)22(25)26/h6-9,16,18,20-21,23-24H,3-5,10-13H2,1-2H3,(H,25,26). The molecule has 7 heteroatoms. The molecule has 1 aromatic rings. The Balaban J connectivity index is 1.39. The first-order valence-electron chi connectivity index (χ1n) is 10.2.